The number of benzene rings is 4. The predicted octanol–water partition coefficient (Wildman–Crippen LogP) is 11.5. The summed E-state index contributed by atoms with van der Waals surface area (Å²) in [4.78, 5) is 0. The van der Waals surface area contributed by atoms with E-state index in [1.807, 2.05) is 0 Å². The summed E-state index contributed by atoms with van der Waals surface area (Å²) in [5.41, 5.74) is 22.0. The molecule has 0 saturated heterocycles. The Morgan fingerprint density at radius 2 is 1.10 bits per heavy atom. The molecule has 0 spiro atoms. The molecule has 0 heterocycles. The third-order valence-electron chi connectivity index (χ3n) is 10.2. The average molecular weight is 557 g/mol. The van der Waals surface area contributed by atoms with Gasteiger partial charge in [0.15, 0.2) is 0 Å². The number of hydrogen-bond donors (Lipinski definition) is 0. The Bertz CT molecular complexity index is 1600. The van der Waals surface area contributed by atoms with Crippen molar-refractivity contribution in [1.82, 2.24) is 0 Å². The monoisotopic (exact) mass is 556 g/mol. The van der Waals surface area contributed by atoms with Gasteiger partial charge in [-0.15, -0.1) is 0 Å². The lowest BCUT2D eigenvalue weighted by Crippen LogP contribution is -2.12. The maximum absolute atomic E-state index is 2.64. The highest BCUT2D eigenvalue weighted by Gasteiger charge is 2.24. The molecule has 0 saturated carbocycles. The Hall–Kier alpha value is -3.12. The second kappa shape index (κ2) is 12.6. The van der Waals surface area contributed by atoms with E-state index >= 15 is 0 Å². The number of rotatable bonds is 3. The lowest BCUT2D eigenvalue weighted by Gasteiger charge is -2.28. The highest BCUT2D eigenvalue weighted by molar-refractivity contribution is 5.52. The van der Waals surface area contributed by atoms with Crippen molar-refractivity contribution >= 4 is 0 Å². The Labute approximate surface area is 256 Å². The highest BCUT2D eigenvalue weighted by Crippen LogP contribution is 2.41. The van der Waals surface area contributed by atoms with E-state index in [4.69, 9.17) is 0 Å². The first-order valence-electron chi connectivity index (χ1n) is 16.4. The smallest absolute Gasteiger partial charge is 0.00946 e. The van der Waals surface area contributed by atoms with Crippen LogP contribution in [0.4, 0.5) is 0 Å². The number of fused-ring (bicyclic) bond motifs is 6. The minimum atomic E-state index is 0.413. The average Bonchev–Trinajstić information content (AvgIpc) is 2.92. The van der Waals surface area contributed by atoms with Gasteiger partial charge < -0.3 is 0 Å². The van der Waals surface area contributed by atoms with Gasteiger partial charge in [-0.1, -0.05) is 79.9 Å². The highest BCUT2D eigenvalue weighted by atomic mass is 14.3. The Balaban J connectivity index is 1.75. The molecule has 0 amide bonds. The molecule has 220 valence electrons. The summed E-state index contributed by atoms with van der Waals surface area (Å²) in [6.07, 6.45) is 8.19. The summed E-state index contributed by atoms with van der Waals surface area (Å²) < 4.78 is 0. The van der Waals surface area contributed by atoms with Crippen LogP contribution < -0.4 is 0 Å². The van der Waals surface area contributed by atoms with Crippen molar-refractivity contribution in [1.29, 1.82) is 0 Å². The zero-order valence-electron chi connectivity index (χ0n) is 27.8. The number of hydrogen-bond acceptors (Lipinski definition) is 0. The zero-order valence-corrected chi connectivity index (χ0v) is 27.8. The van der Waals surface area contributed by atoms with Crippen LogP contribution in [0.1, 0.15) is 134 Å². The van der Waals surface area contributed by atoms with Crippen LogP contribution in [0, 0.1) is 55.4 Å². The lowest BCUT2D eigenvalue weighted by molar-refractivity contribution is 0.618. The molecule has 0 aromatic heterocycles. The largest absolute Gasteiger partial charge is 0.0653 e. The van der Waals surface area contributed by atoms with E-state index in [0.717, 1.165) is 12.8 Å². The summed E-state index contributed by atoms with van der Waals surface area (Å²) in [6, 6.07) is 22.3. The minimum Gasteiger partial charge on any atom is -0.0653 e. The normalized spacial score (nSPS) is 17.4. The van der Waals surface area contributed by atoms with Gasteiger partial charge in [0.1, 0.15) is 0 Å². The molecule has 42 heavy (non-hydrogen) atoms. The SMILES string of the molecule is CCCC1c2cc(c(C)cc2C)Cc2cc(c(C)cc2C)CCCCC(c2ccc(C)cc2C)c2cc1c(C)cc2C. The molecule has 0 heteroatoms. The molecule has 1 aliphatic carbocycles. The molecule has 0 aliphatic heterocycles. The third-order valence-corrected chi connectivity index (χ3v) is 10.2. The second-order valence-corrected chi connectivity index (χ2v) is 13.6. The van der Waals surface area contributed by atoms with Gasteiger partial charge in [-0.3, -0.25) is 0 Å². The van der Waals surface area contributed by atoms with Crippen molar-refractivity contribution in [3.05, 3.63) is 138 Å². The molecule has 1 aliphatic rings. The quantitative estimate of drug-likeness (QED) is 0.235. The van der Waals surface area contributed by atoms with E-state index in [9.17, 15) is 0 Å². The fourth-order valence-electron chi connectivity index (χ4n) is 7.86. The Morgan fingerprint density at radius 1 is 0.524 bits per heavy atom. The van der Waals surface area contributed by atoms with Gasteiger partial charge >= 0.3 is 0 Å². The standard InChI is InChI=1S/C42H52/c1-10-13-38-40-24-36(29(5)20-31(40)7)23-35-22-34(27(3)19-28(35)4)14-11-12-15-39(37-17-16-26(2)18-30(37)6)42-25-41(38)32(8)21-33(42)9/h16-22,24-25,38-39H,10-15,23H2,1-9H3. The van der Waals surface area contributed by atoms with Gasteiger partial charge in [0.25, 0.3) is 0 Å². The van der Waals surface area contributed by atoms with Crippen molar-refractivity contribution in [2.24, 2.45) is 0 Å². The summed E-state index contributed by atoms with van der Waals surface area (Å²) in [5, 5.41) is 0. The molecule has 4 aromatic rings. The van der Waals surface area contributed by atoms with Gasteiger partial charge in [-0.05, 0) is 165 Å². The zero-order chi connectivity index (χ0) is 30.1. The van der Waals surface area contributed by atoms with Crippen LogP contribution in [0.3, 0.4) is 0 Å². The maximum Gasteiger partial charge on any atom is 0.00946 e. The van der Waals surface area contributed by atoms with E-state index < -0.39 is 0 Å². The molecular formula is C42H52. The molecule has 0 nitrogen and oxygen atoms in total. The summed E-state index contributed by atoms with van der Waals surface area (Å²) in [5.74, 6) is 0.834. The van der Waals surface area contributed by atoms with Crippen LogP contribution in [0.15, 0.2) is 54.6 Å². The maximum atomic E-state index is 2.64. The van der Waals surface area contributed by atoms with Crippen LogP contribution in [0.5, 0.6) is 0 Å². The summed E-state index contributed by atoms with van der Waals surface area (Å²) >= 11 is 0. The first kappa shape index (κ1) is 30.3. The lowest BCUT2D eigenvalue weighted by atomic mass is 9.76. The fourth-order valence-corrected chi connectivity index (χ4v) is 7.86. The van der Waals surface area contributed by atoms with E-state index in [1.165, 1.54) is 116 Å². The molecular weight excluding hydrogens is 504 g/mol. The topological polar surface area (TPSA) is 0 Å². The number of aryl methyl sites for hydroxylation is 9. The van der Waals surface area contributed by atoms with Crippen LogP contribution >= 0.6 is 0 Å². The third kappa shape index (κ3) is 6.15. The molecule has 4 aromatic carbocycles. The Kier molecular flexibility index (Phi) is 9.12. The summed E-state index contributed by atoms with van der Waals surface area (Å²) in [6.45, 7) is 20.9. The van der Waals surface area contributed by atoms with Crippen molar-refractivity contribution in [3.8, 4) is 0 Å². The van der Waals surface area contributed by atoms with Crippen LogP contribution in [0.25, 0.3) is 0 Å². The van der Waals surface area contributed by atoms with E-state index in [1.54, 1.807) is 0 Å². The van der Waals surface area contributed by atoms with Crippen molar-refractivity contribution in [2.45, 2.75) is 119 Å². The molecule has 2 unspecified atom stereocenters. The van der Waals surface area contributed by atoms with Gasteiger partial charge in [-0.25, -0.2) is 0 Å². The predicted molar refractivity (Wildman–Crippen MR) is 183 cm³/mol. The van der Waals surface area contributed by atoms with E-state index in [0.29, 0.717) is 11.8 Å². The van der Waals surface area contributed by atoms with Crippen LogP contribution in [-0.2, 0) is 12.8 Å². The molecule has 6 bridgehead atoms. The molecule has 0 fully saturated rings. The molecule has 0 radical (unpaired) electrons. The van der Waals surface area contributed by atoms with Crippen molar-refractivity contribution in [3.63, 3.8) is 0 Å². The van der Waals surface area contributed by atoms with Gasteiger partial charge in [-0.2, -0.15) is 0 Å². The molecule has 5 rings (SSSR count). The molecule has 0 N–H and O–H groups in total. The van der Waals surface area contributed by atoms with Gasteiger partial charge in [0.05, 0.1) is 0 Å². The minimum absolute atomic E-state index is 0.413. The van der Waals surface area contributed by atoms with Crippen molar-refractivity contribution < 1.29 is 0 Å². The first-order valence-corrected chi connectivity index (χ1v) is 16.4. The first-order chi connectivity index (χ1) is 20.1. The Morgan fingerprint density at radius 3 is 1.79 bits per heavy atom. The van der Waals surface area contributed by atoms with Crippen molar-refractivity contribution in [2.75, 3.05) is 0 Å². The fraction of sp³-hybridized carbons (Fsp3) is 0.429. The van der Waals surface area contributed by atoms with Gasteiger partial charge in [0, 0.05) is 11.8 Å². The summed E-state index contributed by atoms with van der Waals surface area (Å²) in [7, 11) is 0. The van der Waals surface area contributed by atoms with Crippen LogP contribution in [-0.4, -0.2) is 0 Å². The molecule has 2 atom stereocenters. The van der Waals surface area contributed by atoms with Crippen LogP contribution in [0.2, 0.25) is 0 Å². The van der Waals surface area contributed by atoms with E-state index in [2.05, 4.69) is 117 Å². The van der Waals surface area contributed by atoms with E-state index in [-0.39, 0.29) is 0 Å². The second-order valence-electron chi connectivity index (χ2n) is 13.6. The van der Waals surface area contributed by atoms with Gasteiger partial charge in [0.2, 0.25) is 0 Å².